The Morgan fingerprint density at radius 3 is 2.07 bits per heavy atom. The summed E-state index contributed by atoms with van der Waals surface area (Å²) in [4.78, 5) is 25.1. The molecule has 2 aromatic rings. The maximum absolute atomic E-state index is 13.9. The first-order chi connectivity index (χ1) is 25.8. The molecule has 1 aliphatic heterocycles. The van der Waals surface area contributed by atoms with E-state index in [2.05, 4.69) is 52.9 Å². The molecule has 6 atom stereocenters. The number of ether oxygens (including phenoxy) is 3. The lowest BCUT2D eigenvalue weighted by molar-refractivity contribution is -0.197. The lowest BCUT2D eigenvalue weighted by Crippen LogP contribution is -2.52. The van der Waals surface area contributed by atoms with Crippen molar-refractivity contribution in [3.63, 3.8) is 0 Å². The summed E-state index contributed by atoms with van der Waals surface area (Å²) in [5, 5.41) is 9.29. The maximum Gasteiger partial charge on any atom is 0.338 e. The van der Waals surface area contributed by atoms with Gasteiger partial charge in [-0.2, -0.15) is 0 Å². The average Bonchev–Trinajstić information content (AvgIpc) is 3.47. The molecule has 0 aromatic heterocycles. The Morgan fingerprint density at radius 1 is 0.778 bits per heavy atom. The third kappa shape index (κ3) is 11.7. The Labute approximate surface area is 327 Å². The van der Waals surface area contributed by atoms with Crippen LogP contribution in [-0.4, -0.2) is 56.1 Å². The fourth-order valence-electron chi connectivity index (χ4n) is 9.12. The fourth-order valence-corrected chi connectivity index (χ4v) is 10.9. The molecule has 0 radical (unpaired) electrons. The van der Waals surface area contributed by atoms with E-state index in [-0.39, 0.29) is 53.4 Å². The van der Waals surface area contributed by atoms with Crippen LogP contribution in [-0.2, 0) is 23.4 Å². The Bertz CT molecular complexity index is 1440. The lowest BCUT2D eigenvalue weighted by Gasteiger charge is -2.49. The number of benzene rings is 2. The maximum atomic E-state index is 13.9. The van der Waals surface area contributed by atoms with Gasteiger partial charge in [-0.05, 0) is 118 Å². The average molecular weight is 763 g/mol. The van der Waals surface area contributed by atoms with E-state index in [9.17, 15) is 14.7 Å². The number of unbranched alkanes of at least 4 members (excludes halogenated alkanes) is 3. The molecule has 300 valence electrons. The SMILES string of the molecule is CC(CC[C@H]1C(OC2CCCCO2)C[C@H](OC(=O)c2ccc(-c3ccccc3)cc2)[C@@H]1CCCCCCC(=O)O)(O[Si](C)(C)C(C)(C)C)C1CCCCC1. The van der Waals surface area contributed by atoms with Crippen LogP contribution in [0.3, 0.4) is 0 Å². The van der Waals surface area contributed by atoms with Crippen LogP contribution in [0.5, 0.6) is 0 Å². The molecule has 2 aromatic carbocycles. The molecule has 3 unspecified atom stereocenters. The molecule has 2 saturated carbocycles. The second-order valence-corrected chi connectivity index (χ2v) is 23.0. The number of hydrogen-bond donors (Lipinski definition) is 1. The predicted octanol–water partition coefficient (Wildman–Crippen LogP) is 12.0. The summed E-state index contributed by atoms with van der Waals surface area (Å²) in [6.07, 6.45) is 15.9. The van der Waals surface area contributed by atoms with Crippen molar-refractivity contribution < 1.29 is 33.3 Å². The van der Waals surface area contributed by atoms with Crippen LogP contribution >= 0.6 is 0 Å². The highest BCUT2D eigenvalue weighted by molar-refractivity contribution is 6.74. The van der Waals surface area contributed by atoms with E-state index in [1.807, 2.05) is 42.5 Å². The van der Waals surface area contributed by atoms with E-state index in [1.165, 1.54) is 32.1 Å². The van der Waals surface area contributed by atoms with Gasteiger partial charge < -0.3 is 23.7 Å². The normalized spacial score (nSPS) is 25.3. The minimum atomic E-state index is -2.07. The van der Waals surface area contributed by atoms with E-state index in [4.69, 9.17) is 18.6 Å². The predicted molar refractivity (Wildman–Crippen MR) is 219 cm³/mol. The van der Waals surface area contributed by atoms with Gasteiger partial charge in [0.25, 0.3) is 0 Å². The molecular weight excluding hydrogens is 693 g/mol. The lowest BCUT2D eigenvalue weighted by atomic mass is 9.73. The first kappa shape index (κ1) is 42.6. The first-order valence-corrected chi connectivity index (χ1v) is 24.2. The van der Waals surface area contributed by atoms with Gasteiger partial charge in [0.05, 0.1) is 17.3 Å². The Morgan fingerprint density at radius 2 is 1.43 bits per heavy atom. The summed E-state index contributed by atoms with van der Waals surface area (Å²) in [6.45, 7) is 14.9. The molecule has 54 heavy (non-hydrogen) atoms. The number of carbonyl (C=O) groups is 2. The molecule has 1 saturated heterocycles. The number of hydrogen-bond acceptors (Lipinski definition) is 6. The number of esters is 1. The van der Waals surface area contributed by atoms with Crippen molar-refractivity contribution in [2.75, 3.05) is 6.61 Å². The molecule has 0 amide bonds. The summed E-state index contributed by atoms with van der Waals surface area (Å²) >= 11 is 0. The number of rotatable bonds is 18. The molecule has 0 spiro atoms. The molecular formula is C46H70O7Si. The zero-order valence-electron chi connectivity index (χ0n) is 34.3. The minimum absolute atomic E-state index is 0.0770. The van der Waals surface area contributed by atoms with E-state index < -0.39 is 14.3 Å². The Kier molecular flexibility index (Phi) is 15.4. The third-order valence-corrected chi connectivity index (χ3v) is 17.9. The highest BCUT2D eigenvalue weighted by Gasteiger charge is 2.50. The molecule has 5 rings (SSSR count). The van der Waals surface area contributed by atoms with Crippen molar-refractivity contribution in [2.45, 2.75) is 179 Å². The minimum Gasteiger partial charge on any atom is -0.481 e. The molecule has 0 bridgehead atoms. The number of carboxylic acids is 1. The van der Waals surface area contributed by atoms with Crippen LogP contribution in [0.15, 0.2) is 54.6 Å². The van der Waals surface area contributed by atoms with Crippen LogP contribution in [0.2, 0.25) is 18.1 Å². The van der Waals surface area contributed by atoms with Crippen LogP contribution < -0.4 is 0 Å². The Hall–Kier alpha value is -2.52. The topological polar surface area (TPSA) is 91.3 Å². The summed E-state index contributed by atoms with van der Waals surface area (Å²) in [5.74, 6) is -0.163. The van der Waals surface area contributed by atoms with E-state index in [1.54, 1.807) is 0 Å². The van der Waals surface area contributed by atoms with E-state index in [0.29, 0.717) is 24.3 Å². The Balaban J connectivity index is 1.39. The number of carbonyl (C=O) groups excluding carboxylic acids is 1. The smallest absolute Gasteiger partial charge is 0.338 e. The van der Waals surface area contributed by atoms with Gasteiger partial charge in [0.2, 0.25) is 0 Å². The van der Waals surface area contributed by atoms with Crippen molar-refractivity contribution in [3.8, 4) is 11.1 Å². The number of aliphatic carboxylic acids is 1. The van der Waals surface area contributed by atoms with Crippen molar-refractivity contribution in [1.29, 1.82) is 0 Å². The zero-order valence-corrected chi connectivity index (χ0v) is 35.3. The summed E-state index contributed by atoms with van der Waals surface area (Å²) < 4.78 is 27.1. The van der Waals surface area contributed by atoms with Crippen LogP contribution in [0, 0.1) is 17.8 Å². The van der Waals surface area contributed by atoms with Gasteiger partial charge in [0, 0.05) is 25.4 Å². The van der Waals surface area contributed by atoms with Gasteiger partial charge in [-0.15, -0.1) is 0 Å². The summed E-state index contributed by atoms with van der Waals surface area (Å²) in [5.41, 5.74) is 2.51. The zero-order chi connectivity index (χ0) is 38.8. The molecule has 3 fully saturated rings. The molecule has 1 heterocycles. The van der Waals surface area contributed by atoms with Crippen molar-refractivity contribution in [3.05, 3.63) is 60.2 Å². The first-order valence-electron chi connectivity index (χ1n) is 21.3. The molecule has 8 heteroatoms. The summed E-state index contributed by atoms with van der Waals surface area (Å²) in [6, 6.07) is 18.0. The molecule has 2 aliphatic carbocycles. The van der Waals surface area contributed by atoms with E-state index in [0.717, 1.165) is 75.5 Å². The van der Waals surface area contributed by atoms with Gasteiger partial charge in [0.1, 0.15) is 6.10 Å². The van der Waals surface area contributed by atoms with Gasteiger partial charge in [0.15, 0.2) is 14.6 Å². The molecule has 3 aliphatic rings. The second kappa shape index (κ2) is 19.6. The van der Waals surface area contributed by atoms with Crippen molar-refractivity contribution >= 4 is 20.3 Å². The van der Waals surface area contributed by atoms with Crippen LogP contribution in [0.1, 0.15) is 147 Å². The van der Waals surface area contributed by atoms with Gasteiger partial charge in [-0.1, -0.05) is 102 Å². The van der Waals surface area contributed by atoms with Gasteiger partial charge in [-0.3, -0.25) is 4.79 Å². The standard InChI is InChI=1S/C46H70O7Si/c1-45(2,3)54(5,6)53-46(4,37-21-13-10-14-22-37)31-30-39-38(23-15-7-8-16-24-42(47)48)41(33-40(39)51-43-25-17-18-32-50-43)52-44(49)36-28-26-35(27-29-36)34-19-11-9-12-20-34/h9,11-12,19-20,26-29,37-41,43H,7-8,10,13-18,21-25,30-33H2,1-6H3,(H,47,48)/t38-,39-,40?,41+,43?,46?/m1/s1. The second-order valence-electron chi connectivity index (χ2n) is 18.3. The molecule has 1 N–H and O–H groups in total. The largest absolute Gasteiger partial charge is 0.481 e. The highest BCUT2D eigenvalue weighted by atomic mass is 28.4. The van der Waals surface area contributed by atoms with Crippen LogP contribution in [0.4, 0.5) is 0 Å². The van der Waals surface area contributed by atoms with Crippen LogP contribution in [0.25, 0.3) is 11.1 Å². The molecule has 7 nitrogen and oxygen atoms in total. The third-order valence-electron chi connectivity index (χ3n) is 13.3. The summed E-state index contributed by atoms with van der Waals surface area (Å²) in [7, 11) is -2.07. The van der Waals surface area contributed by atoms with Crippen molar-refractivity contribution in [2.24, 2.45) is 17.8 Å². The highest BCUT2D eigenvalue weighted by Crippen LogP contribution is 2.49. The van der Waals surface area contributed by atoms with Crippen molar-refractivity contribution in [1.82, 2.24) is 0 Å². The monoisotopic (exact) mass is 762 g/mol. The quantitative estimate of drug-likeness (QED) is 0.0918. The van der Waals surface area contributed by atoms with E-state index >= 15 is 0 Å². The number of carboxylic acid groups (broad SMARTS) is 1. The fraction of sp³-hybridized carbons (Fsp3) is 0.696. The van der Waals surface area contributed by atoms with Gasteiger partial charge >= 0.3 is 11.9 Å². The van der Waals surface area contributed by atoms with Gasteiger partial charge in [-0.25, -0.2) is 4.79 Å².